The highest BCUT2D eigenvalue weighted by atomic mass is 33.1. The second kappa shape index (κ2) is 4.81. The molecular weight excluding hydrogens is 232 g/mol. The number of ketones is 1. The van der Waals surface area contributed by atoms with Crippen molar-refractivity contribution in [1.82, 2.24) is 0 Å². The number of aryl methyl sites for hydroxylation is 1. The van der Waals surface area contributed by atoms with Crippen LogP contribution in [-0.2, 0) is 13.7 Å². The molecule has 1 aromatic rings. The zero-order valence-electron chi connectivity index (χ0n) is 8.56. The van der Waals surface area contributed by atoms with Gasteiger partial charge in [-0.2, -0.15) is 0 Å². The predicted octanol–water partition coefficient (Wildman–Crippen LogP) is 2.01. The fraction of sp³-hybridized carbons (Fsp3) is 0.300. The highest BCUT2D eigenvalue weighted by Crippen LogP contribution is 2.23. The van der Waals surface area contributed by atoms with Crippen LogP contribution in [0.2, 0.25) is 0 Å². The van der Waals surface area contributed by atoms with E-state index in [0.717, 1.165) is 5.56 Å². The van der Waals surface area contributed by atoms with Crippen LogP contribution in [0.1, 0.15) is 12.5 Å². The van der Waals surface area contributed by atoms with Crippen molar-refractivity contribution in [3.63, 3.8) is 0 Å². The van der Waals surface area contributed by atoms with Gasteiger partial charge in [0.1, 0.15) is 5.78 Å². The molecule has 0 radical (unpaired) electrons. The van der Waals surface area contributed by atoms with Gasteiger partial charge in [-0.25, -0.2) is 8.42 Å². The molecule has 0 aliphatic carbocycles. The zero-order chi connectivity index (χ0) is 11.5. The smallest absolute Gasteiger partial charge is 0.230 e. The van der Waals surface area contributed by atoms with Crippen molar-refractivity contribution in [1.29, 1.82) is 0 Å². The van der Waals surface area contributed by atoms with Gasteiger partial charge >= 0.3 is 0 Å². The lowest BCUT2D eigenvalue weighted by molar-refractivity contribution is -0.114. The molecule has 1 aromatic carbocycles. The minimum atomic E-state index is -3.38. The number of hydrogen-bond acceptors (Lipinski definition) is 4. The van der Waals surface area contributed by atoms with Crippen molar-refractivity contribution in [2.75, 3.05) is 5.75 Å². The number of hydrogen-bond donors (Lipinski definition) is 0. The van der Waals surface area contributed by atoms with E-state index in [1.807, 2.05) is 6.92 Å². The number of carbonyl (C=O) groups is 1. The average Bonchev–Trinajstić information content (AvgIpc) is 2.16. The molecule has 0 aromatic heterocycles. The number of carbonyl (C=O) groups excluding carboxylic acids is 1. The first-order valence-electron chi connectivity index (χ1n) is 4.37. The lowest BCUT2D eigenvalue weighted by Gasteiger charge is -2.02. The molecule has 0 N–H and O–H groups in total. The summed E-state index contributed by atoms with van der Waals surface area (Å²) in [6, 6.07) is 6.58. The summed E-state index contributed by atoms with van der Waals surface area (Å²) in [6.07, 6.45) is 0. The van der Waals surface area contributed by atoms with Gasteiger partial charge in [0.15, 0.2) is 0 Å². The van der Waals surface area contributed by atoms with E-state index in [9.17, 15) is 13.2 Å². The van der Waals surface area contributed by atoms with Crippen molar-refractivity contribution < 1.29 is 13.2 Å². The molecule has 0 amide bonds. The molecule has 1 rings (SSSR count). The summed E-state index contributed by atoms with van der Waals surface area (Å²) in [5.41, 5.74) is 1.01. The molecule has 0 saturated heterocycles. The van der Waals surface area contributed by atoms with Gasteiger partial charge in [-0.3, -0.25) is 4.79 Å². The Morgan fingerprint density at radius 3 is 2.27 bits per heavy atom. The third kappa shape index (κ3) is 3.68. The maximum absolute atomic E-state index is 11.7. The van der Waals surface area contributed by atoms with Gasteiger partial charge in [0.2, 0.25) is 8.87 Å². The number of benzene rings is 1. The topological polar surface area (TPSA) is 51.2 Å². The molecule has 0 spiro atoms. The molecule has 0 atom stereocenters. The van der Waals surface area contributed by atoms with E-state index < -0.39 is 8.87 Å². The highest BCUT2D eigenvalue weighted by Gasteiger charge is 2.15. The van der Waals surface area contributed by atoms with Gasteiger partial charge in [-0.15, -0.1) is 0 Å². The fourth-order valence-corrected chi connectivity index (χ4v) is 3.57. The summed E-state index contributed by atoms with van der Waals surface area (Å²) >= 11 is 0. The molecule has 15 heavy (non-hydrogen) atoms. The molecular formula is C10H12O3S2. The summed E-state index contributed by atoms with van der Waals surface area (Å²) in [5, 5.41) is 0. The molecule has 0 unspecified atom stereocenters. The largest absolute Gasteiger partial charge is 0.299 e. The van der Waals surface area contributed by atoms with E-state index >= 15 is 0 Å². The van der Waals surface area contributed by atoms with Gasteiger partial charge in [0.05, 0.1) is 10.6 Å². The Kier molecular flexibility index (Phi) is 3.93. The third-order valence-corrected chi connectivity index (χ3v) is 5.27. The van der Waals surface area contributed by atoms with E-state index in [4.69, 9.17) is 0 Å². The highest BCUT2D eigenvalue weighted by molar-refractivity contribution is 8.72. The Balaban J connectivity index is 2.87. The monoisotopic (exact) mass is 244 g/mol. The Hall–Kier alpha value is -0.810. The lowest BCUT2D eigenvalue weighted by Crippen LogP contribution is -2.01. The maximum atomic E-state index is 11.7. The molecule has 0 aliphatic heterocycles. The van der Waals surface area contributed by atoms with E-state index in [1.54, 1.807) is 24.3 Å². The Morgan fingerprint density at radius 1 is 1.27 bits per heavy atom. The summed E-state index contributed by atoms with van der Waals surface area (Å²) in [7, 11) is -2.71. The molecule has 0 aliphatic rings. The van der Waals surface area contributed by atoms with Crippen LogP contribution in [0.5, 0.6) is 0 Å². The van der Waals surface area contributed by atoms with Crippen molar-refractivity contribution in [2.45, 2.75) is 18.7 Å². The first-order chi connectivity index (χ1) is 6.92. The van der Waals surface area contributed by atoms with Crippen LogP contribution in [0.3, 0.4) is 0 Å². The predicted molar refractivity (Wildman–Crippen MR) is 61.5 cm³/mol. The summed E-state index contributed by atoms with van der Waals surface area (Å²) in [5.74, 6) is -0.147. The molecule has 3 nitrogen and oxygen atoms in total. The Morgan fingerprint density at radius 2 is 1.80 bits per heavy atom. The SMILES string of the molecule is CC(=O)CSS(=O)(=O)c1ccc(C)cc1. The van der Waals surface area contributed by atoms with Gasteiger partial charge in [-0.1, -0.05) is 17.7 Å². The Labute approximate surface area is 93.2 Å². The quantitative estimate of drug-likeness (QED) is 0.760. The molecule has 82 valence electrons. The summed E-state index contributed by atoms with van der Waals surface area (Å²) < 4.78 is 23.3. The minimum absolute atomic E-state index is 0.00376. The molecule has 0 heterocycles. The molecule has 0 bridgehead atoms. The van der Waals surface area contributed by atoms with Gasteiger partial charge in [0, 0.05) is 0 Å². The van der Waals surface area contributed by atoms with Crippen molar-refractivity contribution in [3.05, 3.63) is 29.8 Å². The fourth-order valence-electron chi connectivity index (χ4n) is 0.934. The first kappa shape index (κ1) is 12.3. The van der Waals surface area contributed by atoms with Crippen LogP contribution in [0, 0.1) is 6.92 Å². The van der Waals surface area contributed by atoms with Crippen LogP contribution in [-0.4, -0.2) is 20.0 Å². The summed E-state index contributed by atoms with van der Waals surface area (Å²) in [4.78, 5) is 10.9. The Bertz CT molecular complexity index is 446. The van der Waals surface area contributed by atoms with Gasteiger partial charge in [0.25, 0.3) is 0 Å². The van der Waals surface area contributed by atoms with E-state index in [-0.39, 0.29) is 16.4 Å². The normalized spacial score (nSPS) is 11.3. The lowest BCUT2D eigenvalue weighted by atomic mass is 10.2. The van der Waals surface area contributed by atoms with Crippen LogP contribution >= 0.6 is 10.8 Å². The van der Waals surface area contributed by atoms with E-state index in [2.05, 4.69) is 0 Å². The second-order valence-corrected chi connectivity index (χ2v) is 7.16. The first-order valence-corrected chi connectivity index (χ1v) is 7.36. The van der Waals surface area contributed by atoms with Crippen molar-refractivity contribution >= 4 is 25.4 Å². The number of rotatable bonds is 4. The number of Topliss-reactive ketones (excluding diaryl/α,β-unsaturated/α-hetero) is 1. The summed E-state index contributed by atoms with van der Waals surface area (Å²) in [6.45, 7) is 3.26. The standard InChI is InChI=1S/C10H12O3S2/c1-8-3-5-10(6-4-8)15(12,13)14-7-9(2)11/h3-6H,7H2,1-2H3. The minimum Gasteiger partial charge on any atom is -0.299 e. The molecule has 0 saturated carbocycles. The van der Waals surface area contributed by atoms with Crippen molar-refractivity contribution in [3.8, 4) is 0 Å². The van der Waals surface area contributed by atoms with Gasteiger partial charge < -0.3 is 0 Å². The van der Waals surface area contributed by atoms with Crippen molar-refractivity contribution in [2.24, 2.45) is 0 Å². The zero-order valence-corrected chi connectivity index (χ0v) is 10.2. The van der Waals surface area contributed by atoms with Crippen LogP contribution in [0.4, 0.5) is 0 Å². The van der Waals surface area contributed by atoms with E-state index in [1.165, 1.54) is 6.92 Å². The van der Waals surface area contributed by atoms with Crippen LogP contribution < -0.4 is 0 Å². The van der Waals surface area contributed by atoms with Crippen LogP contribution in [0.25, 0.3) is 0 Å². The van der Waals surface area contributed by atoms with Crippen LogP contribution in [0.15, 0.2) is 29.2 Å². The molecule has 5 heteroatoms. The average molecular weight is 244 g/mol. The van der Waals surface area contributed by atoms with E-state index in [0.29, 0.717) is 10.8 Å². The maximum Gasteiger partial charge on any atom is 0.230 e. The third-order valence-electron chi connectivity index (χ3n) is 1.73. The molecule has 0 fully saturated rings. The second-order valence-electron chi connectivity index (χ2n) is 3.23. The van der Waals surface area contributed by atoms with Gasteiger partial charge in [-0.05, 0) is 36.8 Å².